The molecule has 12 heteroatoms. The van der Waals surface area contributed by atoms with Crippen LogP contribution in [-0.2, 0) is 10.0 Å². The molecule has 28 heavy (non-hydrogen) atoms. The van der Waals surface area contributed by atoms with Crippen LogP contribution < -0.4 is 19.0 Å². The van der Waals surface area contributed by atoms with Crippen molar-refractivity contribution in [1.29, 1.82) is 0 Å². The van der Waals surface area contributed by atoms with E-state index in [1.165, 1.54) is 51.7 Å². The van der Waals surface area contributed by atoms with Crippen LogP contribution >= 0.6 is 11.6 Å². The van der Waals surface area contributed by atoms with Gasteiger partial charge in [-0.05, 0) is 24.3 Å². The van der Waals surface area contributed by atoms with Crippen LogP contribution in [0.5, 0.6) is 17.2 Å². The van der Waals surface area contributed by atoms with E-state index >= 15 is 0 Å². The molecule has 0 aliphatic heterocycles. The summed E-state index contributed by atoms with van der Waals surface area (Å²) in [6.45, 7) is 0. The van der Waals surface area contributed by atoms with Crippen LogP contribution in [0.25, 0.3) is 0 Å². The molecular formula is C16H16ClN3O7S. The summed E-state index contributed by atoms with van der Waals surface area (Å²) in [4.78, 5) is 12.3. The lowest BCUT2D eigenvalue weighted by Crippen LogP contribution is -2.19. The van der Waals surface area contributed by atoms with Crippen LogP contribution in [0, 0.1) is 10.1 Å². The summed E-state index contributed by atoms with van der Waals surface area (Å²) >= 11 is 5.84. The second-order valence-electron chi connectivity index (χ2n) is 5.18. The van der Waals surface area contributed by atoms with Crippen LogP contribution in [0.1, 0.15) is 5.56 Å². The highest BCUT2D eigenvalue weighted by molar-refractivity contribution is 7.89. The fourth-order valence-electron chi connectivity index (χ4n) is 2.26. The van der Waals surface area contributed by atoms with Gasteiger partial charge < -0.3 is 14.2 Å². The third kappa shape index (κ3) is 4.61. The van der Waals surface area contributed by atoms with Crippen molar-refractivity contribution in [3.8, 4) is 17.2 Å². The topological polar surface area (TPSA) is 129 Å². The predicted octanol–water partition coefficient (Wildman–Crippen LogP) is 2.59. The fourth-order valence-corrected chi connectivity index (χ4v) is 3.48. The van der Waals surface area contributed by atoms with Gasteiger partial charge in [0.1, 0.15) is 10.6 Å². The SMILES string of the molecule is COc1ccc(Cl)cc1S(=O)(=O)N/N=C/c1cc(OC)c(OC)c([N+](=O)[O-])c1. The molecule has 0 aliphatic rings. The summed E-state index contributed by atoms with van der Waals surface area (Å²) in [7, 11) is -0.199. The lowest BCUT2D eigenvalue weighted by atomic mass is 10.2. The van der Waals surface area contributed by atoms with Gasteiger partial charge in [0, 0.05) is 16.7 Å². The van der Waals surface area contributed by atoms with E-state index in [0.29, 0.717) is 0 Å². The van der Waals surface area contributed by atoms with Crippen LogP contribution in [0.2, 0.25) is 5.02 Å². The highest BCUT2D eigenvalue weighted by Crippen LogP contribution is 2.37. The minimum absolute atomic E-state index is 0.0612. The maximum atomic E-state index is 12.4. The molecule has 1 N–H and O–H groups in total. The summed E-state index contributed by atoms with van der Waals surface area (Å²) in [6, 6.07) is 6.66. The Morgan fingerprint density at radius 2 is 1.79 bits per heavy atom. The number of rotatable bonds is 8. The molecule has 0 bridgehead atoms. The molecule has 0 saturated carbocycles. The van der Waals surface area contributed by atoms with Gasteiger partial charge >= 0.3 is 5.69 Å². The smallest absolute Gasteiger partial charge is 0.315 e. The molecule has 0 saturated heterocycles. The second-order valence-corrected chi connectivity index (χ2v) is 7.25. The molecule has 0 fully saturated rings. The Morgan fingerprint density at radius 3 is 2.36 bits per heavy atom. The number of nitro benzene ring substituents is 1. The van der Waals surface area contributed by atoms with E-state index < -0.39 is 14.9 Å². The Kier molecular flexibility index (Phi) is 6.65. The Balaban J connectivity index is 2.35. The summed E-state index contributed by atoms with van der Waals surface area (Å²) in [5, 5.41) is 15.0. The van der Waals surface area contributed by atoms with Crippen LogP contribution in [0.4, 0.5) is 5.69 Å². The highest BCUT2D eigenvalue weighted by Gasteiger charge is 2.22. The number of hydrazone groups is 1. The first kappa shape index (κ1) is 21.3. The molecule has 10 nitrogen and oxygen atoms in total. The molecule has 150 valence electrons. The maximum Gasteiger partial charge on any atom is 0.315 e. The zero-order valence-corrected chi connectivity index (χ0v) is 16.6. The van der Waals surface area contributed by atoms with Crippen molar-refractivity contribution in [3.63, 3.8) is 0 Å². The molecule has 0 spiro atoms. The van der Waals surface area contributed by atoms with Crippen molar-refractivity contribution in [2.75, 3.05) is 21.3 Å². The maximum absolute atomic E-state index is 12.4. The first-order valence-corrected chi connectivity index (χ1v) is 9.38. The summed E-state index contributed by atoms with van der Waals surface area (Å²) in [5.41, 5.74) is -0.146. The van der Waals surface area contributed by atoms with Crippen molar-refractivity contribution in [1.82, 2.24) is 4.83 Å². The molecular weight excluding hydrogens is 414 g/mol. The van der Waals surface area contributed by atoms with E-state index in [-0.39, 0.29) is 38.4 Å². The van der Waals surface area contributed by atoms with Crippen molar-refractivity contribution < 1.29 is 27.6 Å². The average molecular weight is 430 g/mol. The van der Waals surface area contributed by atoms with Gasteiger partial charge in [-0.25, -0.2) is 0 Å². The Hall–Kier alpha value is -3.05. The molecule has 2 aromatic carbocycles. The molecule has 0 heterocycles. The third-order valence-electron chi connectivity index (χ3n) is 3.48. The Labute approximate surface area is 165 Å². The number of sulfonamides is 1. The van der Waals surface area contributed by atoms with Gasteiger partial charge in [-0.15, -0.1) is 0 Å². The zero-order chi connectivity index (χ0) is 20.9. The minimum Gasteiger partial charge on any atom is -0.495 e. The lowest BCUT2D eigenvalue weighted by Gasteiger charge is -2.10. The first-order valence-electron chi connectivity index (χ1n) is 7.52. The van der Waals surface area contributed by atoms with Gasteiger partial charge in [-0.3, -0.25) is 10.1 Å². The fraction of sp³-hybridized carbons (Fsp3) is 0.188. The van der Waals surface area contributed by atoms with Crippen molar-refractivity contribution >= 4 is 33.5 Å². The molecule has 2 aromatic rings. The summed E-state index contributed by atoms with van der Waals surface area (Å²) in [5.74, 6) is 0.111. The predicted molar refractivity (Wildman–Crippen MR) is 102 cm³/mol. The van der Waals surface area contributed by atoms with E-state index in [4.69, 9.17) is 25.8 Å². The standard InChI is InChI=1S/C16H16ClN3O7S/c1-25-13-5-4-11(17)8-15(13)28(23,24)19-18-9-10-6-12(20(21)22)16(27-3)14(7-10)26-2/h4-9,19H,1-3H3/b18-9+. The average Bonchev–Trinajstić information content (AvgIpc) is 2.66. The lowest BCUT2D eigenvalue weighted by molar-refractivity contribution is -0.385. The van der Waals surface area contributed by atoms with Crippen LogP contribution in [-0.4, -0.2) is 40.9 Å². The van der Waals surface area contributed by atoms with Crippen LogP contribution in [0.3, 0.4) is 0 Å². The number of methoxy groups -OCH3 is 3. The molecule has 0 radical (unpaired) electrons. The number of halogens is 1. The number of nitro groups is 1. The Bertz CT molecular complexity index is 1030. The van der Waals surface area contributed by atoms with Gasteiger partial charge in [-0.2, -0.15) is 18.4 Å². The number of hydrogen-bond donors (Lipinski definition) is 1. The van der Waals surface area contributed by atoms with Crippen molar-refractivity contribution in [3.05, 3.63) is 51.0 Å². The van der Waals surface area contributed by atoms with E-state index in [9.17, 15) is 18.5 Å². The number of hydrogen-bond acceptors (Lipinski definition) is 8. The normalized spacial score (nSPS) is 11.3. The molecule has 0 unspecified atom stereocenters. The summed E-state index contributed by atoms with van der Waals surface area (Å²) < 4.78 is 39.9. The summed E-state index contributed by atoms with van der Waals surface area (Å²) in [6.07, 6.45) is 1.09. The van der Waals surface area contributed by atoms with Gasteiger partial charge in [0.2, 0.25) is 5.75 Å². The van der Waals surface area contributed by atoms with Gasteiger partial charge in [0.25, 0.3) is 10.0 Å². The van der Waals surface area contributed by atoms with E-state index in [2.05, 4.69) is 5.10 Å². The largest absolute Gasteiger partial charge is 0.495 e. The highest BCUT2D eigenvalue weighted by atomic mass is 35.5. The number of nitrogens with one attached hydrogen (secondary N) is 1. The van der Waals surface area contributed by atoms with Gasteiger partial charge in [-0.1, -0.05) is 11.6 Å². The zero-order valence-electron chi connectivity index (χ0n) is 15.0. The molecule has 0 aliphatic carbocycles. The molecule has 2 rings (SSSR count). The number of benzene rings is 2. The monoisotopic (exact) mass is 429 g/mol. The molecule has 0 atom stereocenters. The quantitative estimate of drug-likeness (QED) is 0.387. The van der Waals surface area contributed by atoms with E-state index in [0.717, 1.165) is 6.21 Å². The van der Waals surface area contributed by atoms with Crippen molar-refractivity contribution in [2.45, 2.75) is 4.90 Å². The molecule has 0 amide bonds. The molecule has 0 aromatic heterocycles. The minimum atomic E-state index is -4.10. The van der Waals surface area contributed by atoms with Crippen LogP contribution in [0.15, 0.2) is 40.3 Å². The number of ether oxygens (including phenoxy) is 3. The van der Waals surface area contributed by atoms with E-state index in [1.807, 2.05) is 4.83 Å². The van der Waals surface area contributed by atoms with Crippen molar-refractivity contribution in [2.24, 2.45) is 5.10 Å². The van der Waals surface area contributed by atoms with Gasteiger partial charge in [0.05, 0.1) is 32.5 Å². The van der Waals surface area contributed by atoms with E-state index in [1.54, 1.807) is 0 Å². The van der Waals surface area contributed by atoms with Gasteiger partial charge in [0.15, 0.2) is 5.75 Å². The number of nitrogens with zero attached hydrogens (tertiary/aromatic N) is 2. The third-order valence-corrected chi connectivity index (χ3v) is 4.96. The first-order chi connectivity index (χ1) is 13.2. The second kappa shape index (κ2) is 8.76. The Morgan fingerprint density at radius 1 is 1.11 bits per heavy atom.